The highest BCUT2D eigenvalue weighted by atomic mass is 15.0. The van der Waals surface area contributed by atoms with E-state index in [9.17, 15) is 0 Å². The second-order valence-electron chi connectivity index (χ2n) is 6.25. The van der Waals surface area contributed by atoms with Crippen molar-refractivity contribution in [3.8, 4) is 12.3 Å². The number of benzene rings is 2. The van der Waals surface area contributed by atoms with Crippen LogP contribution in [0, 0.1) is 12.3 Å². The molecule has 0 aliphatic heterocycles. The third-order valence-corrected chi connectivity index (χ3v) is 4.73. The van der Waals surface area contributed by atoms with Crippen LogP contribution in [0.25, 0.3) is 21.8 Å². The number of nitrogens with zero attached hydrogens (tertiary/aromatic N) is 1. The van der Waals surface area contributed by atoms with Crippen molar-refractivity contribution in [3.63, 3.8) is 0 Å². The largest absolute Gasteiger partial charge is 0.341 e. The lowest BCUT2D eigenvalue weighted by atomic mass is 10.00. The topological polar surface area (TPSA) is 4.93 Å². The van der Waals surface area contributed by atoms with Gasteiger partial charge in [0.25, 0.3) is 0 Å². The average Bonchev–Trinajstić information content (AvgIpc) is 2.92. The van der Waals surface area contributed by atoms with Gasteiger partial charge in [-0.15, -0.1) is 6.42 Å². The molecule has 0 aliphatic rings. The van der Waals surface area contributed by atoms with Crippen LogP contribution in [0.15, 0.2) is 36.4 Å². The van der Waals surface area contributed by atoms with E-state index in [1.54, 1.807) is 0 Å². The van der Waals surface area contributed by atoms with Crippen LogP contribution in [0.2, 0.25) is 0 Å². The van der Waals surface area contributed by atoms with Crippen LogP contribution in [0.4, 0.5) is 0 Å². The quantitative estimate of drug-likeness (QED) is 0.393. The summed E-state index contributed by atoms with van der Waals surface area (Å²) in [6.45, 7) is 5.47. The minimum absolute atomic E-state index is 0.987. The molecule has 1 heterocycles. The van der Waals surface area contributed by atoms with Crippen molar-refractivity contribution in [1.82, 2.24) is 4.57 Å². The first-order chi connectivity index (χ1) is 11.3. The molecule has 0 atom stereocenters. The van der Waals surface area contributed by atoms with E-state index >= 15 is 0 Å². The van der Waals surface area contributed by atoms with E-state index in [1.165, 1.54) is 53.1 Å². The minimum Gasteiger partial charge on any atom is -0.341 e. The van der Waals surface area contributed by atoms with Crippen molar-refractivity contribution >= 4 is 21.8 Å². The number of aryl methyl sites for hydroxylation is 2. The van der Waals surface area contributed by atoms with E-state index < -0.39 is 0 Å². The average molecular weight is 303 g/mol. The maximum absolute atomic E-state index is 5.71. The molecule has 0 saturated heterocycles. The second kappa shape index (κ2) is 6.92. The molecular weight excluding hydrogens is 278 g/mol. The third-order valence-electron chi connectivity index (χ3n) is 4.73. The van der Waals surface area contributed by atoms with Gasteiger partial charge in [0.05, 0.1) is 5.52 Å². The molecule has 23 heavy (non-hydrogen) atoms. The number of rotatable bonds is 6. The minimum atomic E-state index is 0.987. The highest BCUT2D eigenvalue weighted by Gasteiger charge is 2.13. The molecule has 1 aromatic heterocycles. The van der Waals surface area contributed by atoms with Crippen molar-refractivity contribution < 1.29 is 0 Å². The van der Waals surface area contributed by atoms with E-state index in [2.05, 4.69) is 60.7 Å². The smallest absolute Gasteiger partial charge is 0.0524 e. The number of aromatic nitrogens is 1. The van der Waals surface area contributed by atoms with Crippen LogP contribution in [0.5, 0.6) is 0 Å². The Kier molecular flexibility index (Phi) is 4.72. The van der Waals surface area contributed by atoms with Gasteiger partial charge in [0.15, 0.2) is 0 Å². The summed E-state index contributed by atoms with van der Waals surface area (Å²) < 4.78 is 2.44. The number of terminal acetylenes is 1. The highest BCUT2D eigenvalue weighted by Crippen LogP contribution is 2.33. The van der Waals surface area contributed by atoms with E-state index in [-0.39, 0.29) is 0 Å². The molecule has 0 radical (unpaired) electrons. The lowest BCUT2D eigenvalue weighted by molar-refractivity contribution is 0.666. The van der Waals surface area contributed by atoms with Gasteiger partial charge < -0.3 is 4.57 Å². The van der Waals surface area contributed by atoms with E-state index in [1.807, 2.05) is 0 Å². The number of hydrogen-bond donors (Lipinski definition) is 0. The summed E-state index contributed by atoms with van der Waals surface area (Å²) in [7, 11) is 0. The Morgan fingerprint density at radius 1 is 1.00 bits per heavy atom. The summed E-state index contributed by atoms with van der Waals surface area (Å²) in [6.07, 6.45) is 11.9. The molecule has 1 nitrogen and oxygen atoms in total. The molecule has 2 aromatic carbocycles. The Bertz CT molecular complexity index is 861. The standard InChI is InChI=1S/C22H25N/c1-4-7-8-9-12-18-15-17(5-2)16-20-19-13-10-11-14-21(19)23(6-3)22(18)20/h2,10-11,13-16H,4,6-9,12H2,1,3H3. The normalized spacial score (nSPS) is 11.2. The van der Waals surface area contributed by atoms with Crippen LogP contribution >= 0.6 is 0 Å². The Morgan fingerprint density at radius 3 is 2.57 bits per heavy atom. The van der Waals surface area contributed by atoms with Crippen LogP contribution in [-0.2, 0) is 13.0 Å². The zero-order valence-electron chi connectivity index (χ0n) is 14.2. The molecule has 0 fully saturated rings. The molecule has 118 valence electrons. The van der Waals surface area contributed by atoms with Crippen molar-refractivity contribution in [2.75, 3.05) is 0 Å². The molecule has 0 saturated carbocycles. The predicted octanol–water partition coefficient (Wildman–Crippen LogP) is 5.92. The molecule has 3 aromatic rings. The van der Waals surface area contributed by atoms with Crippen molar-refractivity contribution in [3.05, 3.63) is 47.5 Å². The van der Waals surface area contributed by atoms with Crippen molar-refractivity contribution in [2.45, 2.75) is 52.5 Å². The lowest BCUT2D eigenvalue weighted by Crippen LogP contribution is -1.98. The van der Waals surface area contributed by atoms with Gasteiger partial charge in [-0.3, -0.25) is 0 Å². The Labute approximate surface area is 139 Å². The number of unbranched alkanes of at least 4 members (excludes halogenated alkanes) is 3. The molecule has 0 bridgehead atoms. The fourth-order valence-electron chi connectivity index (χ4n) is 3.62. The summed E-state index contributed by atoms with van der Waals surface area (Å²) >= 11 is 0. The fourth-order valence-corrected chi connectivity index (χ4v) is 3.62. The molecule has 0 aliphatic carbocycles. The monoisotopic (exact) mass is 303 g/mol. The van der Waals surface area contributed by atoms with Gasteiger partial charge in [-0.1, -0.05) is 50.3 Å². The van der Waals surface area contributed by atoms with Crippen LogP contribution in [-0.4, -0.2) is 4.57 Å². The first kappa shape index (κ1) is 15.7. The van der Waals surface area contributed by atoms with Gasteiger partial charge in [0, 0.05) is 28.4 Å². The summed E-state index contributed by atoms with van der Waals surface area (Å²) in [4.78, 5) is 0. The fraction of sp³-hybridized carbons (Fsp3) is 0.364. The van der Waals surface area contributed by atoms with Crippen LogP contribution in [0.3, 0.4) is 0 Å². The maximum Gasteiger partial charge on any atom is 0.0524 e. The van der Waals surface area contributed by atoms with E-state index in [0.717, 1.165) is 18.5 Å². The first-order valence-corrected chi connectivity index (χ1v) is 8.80. The molecule has 0 amide bonds. The van der Waals surface area contributed by atoms with E-state index in [4.69, 9.17) is 6.42 Å². The van der Waals surface area contributed by atoms with Gasteiger partial charge in [-0.05, 0) is 43.5 Å². The Balaban J connectivity index is 2.19. The van der Waals surface area contributed by atoms with Gasteiger partial charge in [-0.2, -0.15) is 0 Å². The lowest BCUT2D eigenvalue weighted by Gasteiger charge is -2.10. The third kappa shape index (κ3) is 2.86. The Morgan fingerprint density at radius 2 is 1.83 bits per heavy atom. The highest BCUT2D eigenvalue weighted by molar-refractivity contribution is 6.09. The summed E-state index contributed by atoms with van der Waals surface area (Å²) in [5.41, 5.74) is 5.10. The predicted molar refractivity (Wildman–Crippen MR) is 101 cm³/mol. The number of fused-ring (bicyclic) bond motifs is 3. The molecular formula is C22H25N. The summed E-state index contributed by atoms with van der Waals surface area (Å²) in [6, 6.07) is 13.1. The molecule has 3 rings (SSSR count). The number of para-hydroxylation sites is 1. The van der Waals surface area contributed by atoms with Crippen LogP contribution < -0.4 is 0 Å². The van der Waals surface area contributed by atoms with Gasteiger partial charge in [0.1, 0.15) is 0 Å². The van der Waals surface area contributed by atoms with Crippen molar-refractivity contribution in [2.24, 2.45) is 0 Å². The zero-order chi connectivity index (χ0) is 16.2. The maximum atomic E-state index is 5.71. The van der Waals surface area contributed by atoms with Crippen LogP contribution in [0.1, 0.15) is 50.7 Å². The van der Waals surface area contributed by atoms with Crippen molar-refractivity contribution in [1.29, 1.82) is 0 Å². The van der Waals surface area contributed by atoms with Gasteiger partial charge in [-0.25, -0.2) is 0 Å². The second-order valence-corrected chi connectivity index (χ2v) is 6.25. The first-order valence-electron chi connectivity index (χ1n) is 8.80. The zero-order valence-corrected chi connectivity index (χ0v) is 14.2. The molecule has 1 heteroatoms. The van der Waals surface area contributed by atoms with E-state index in [0.29, 0.717) is 0 Å². The molecule has 0 unspecified atom stereocenters. The number of hydrogen-bond acceptors (Lipinski definition) is 0. The summed E-state index contributed by atoms with van der Waals surface area (Å²) in [5, 5.41) is 2.62. The molecule has 0 spiro atoms. The summed E-state index contributed by atoms with van der Waals surface area (Å²) in [5.74, 6) is 2.84. The SMILES string of the molecule is C#Cc1cc(CCCCCC)c2c(c1)c1ccccc1n2CC. The molecule has 0 N–H and O–H groups in total. The van der Waals surface area contributed by atoms with Gasteiger partial charge >= 0.3 is 0 Å². The Hall–Kier alpha value is -2.20. The van der Waals surface area contributed by atoms with Gasteiger partial charge in [0.2, 0.25) is 0 Å².